The van der Waals surface area contributed by atoms with Gasteiger partial charge in [-0.25, -0.2) is 9.89 Å². The SMILES string of the molecule is Cc1ccc(NC(=O)Nc2cc(-c3ccccc3-c3nnn[nH]3)ccc2N(CCC(C)C(F)(F)F)CC(C)C)cc1. The quantitative estimate of drug-likeness (QED) is 0.185. The molecule has 11 heteroatoms. The lowest BCUT2D eigenvalue weighted by Crippen LogP contribution is -2.33. The summed E-state index contributed by atoms with van der Waals surface area (Å²) in [5.41, 5.74) is 5.14. The zero-order valence-electron chi connectivity index (χ0n) is 23.5. The van der Waals surface area contributed by atoms with E-state index in [1.807, 2.05) is 80.3 Å². The van der Waals surface area contributed by atoms with E-state index in [2.05, 4.69) is 31.3 Å². The van der Waals surface area contributed by atoms with E-state index < -0.39 is 18.1 Å². The van der Waals surface area contributed by atoms with Crippen molar-refractivity contribution in [1.29, 1.82) is 0 Å². The third-order valence-electron chi connectivity index (χ3n) is 6.71. The van der Waals surface area contributed by atoms with Crippen LogP contribution in [0.25, 0.3) is 22.5 Å². The van der Waals surface area contributed by atoms with Crippen molar-refractivity contribution in [1.82, 2.24) is 20.6 Å². The monoisotopic (exact) mass is 565 g/mol. The molecule has 0 saturated carbocycles. The van der Waals surface area contributed by atoms with E-state index in [1.165, 1.54) is 6.92 Å². The molecule has 0 bridgehead atoms. The molecule has 2 amide bonds. The minimum absolute atomic E-state index is 0.0751. The molecule has 216 valence electrons. The van der Waals surface area contributed by atoms with Crippen LogP contribution in [0.1, 0.15) is 32.8 Å². The largest absolute Gasteiger partial charge is 0.391 e. The van der Waals surface area contributed by atoms with Crippen molar-refractivity contribution >= 4 is 23.1 Å². The van der Waals surface area contributed by atoms with Crippen molar-refractivity contribution < 1.29 is 18.0 Å². The van der Waals surface area contributed by atoms with Crippen LogP contribution in [-0.4, -0.2) is 45.9 Å². The number of hydrogen-bond acceptors (Lipinski definition) is 5. The summed E-state index contributed by atoms with van der Waals surface area (Å²) < 4.78 is 40.0. The van der Waals surface area contributed by atoms with E-state index in [0.29, 0.717) is 29.4 Å². The fourth-order valence-electron chi connectivity index (χ4n) is 4.48. The highest BCUT2D eigenvalue weighted by molar-refractivity contribution is 6.02. The Labute approximate surface area is 237 Å². The third-order valence-corrected chi connectivity index (χ3v) is 6.71. The summed E-state index contributed by atoms with van der Waals surface area (Å²) in [4.78, 5) is 15.0. The van der Waals surface area contributed by atoms with E-state index in [9.17, 15) is 18.0 Å². The van der Waals surface area contributed by atoms with Gasteiger partial charge in [-0.3, -0.25) is 0 Å². The number of alkyl halides is 3. The zero-order valence-corrected chi connectivity index (χ0v) is 23.5. The molecule has 4 aromatic rings. The lowest BCUT2D eigenvalue weighted by atomic mass is 9.97. The van der Waals surface area contributed by atoms with Crippen molar-refractivity contribution in [3.05, 3.63) is 72.3 Å². The van der Waals surface area contributed by atoms with Gasteiger partial charge in [-0.1, -0.05) is 68.8 Å². The maximum atomic E-state index is 13.3. The topological polar surface area (TPSA) is 98.8 Å². The Morgan fingerprint density at radius 1 is 0.976 bits per heavy atom. The van der Waals surface area contributed by atoms with Gasteiger partial charge >= 0.3 is 12.2 Å². The van der Waals surface area contributed by atoms with Crippen molar-refractivity contribution in [3.63, 3.8) is 0 Å². The normalized spacial score (nSPS) is 12.3. The van der Waals surface area contributed by atoms with Gasteiger partial charge in [0.25, 0.3) is 0 Å². The number of aromatic amines is 1. The highest BCUT2D eigenvalue weighted by Gasteiger charge is 2.35. The molecule has 0 aliphatic rings. The lowest BCUT2D eigenvalue weighted by Gasteiger charge is -2.30. The van der Waals surface area contributed by atoms with E-state index in [0.717, 1.165) is 22.3 Å². The summed E-state index contributed by atoms with van der Waals surface area (Å²) in [5, 5.41) is 20.0. The summed E-state index contributed by atoms with van der Waals surface area (Å²) in [7, 11) is 0. The zero-order chi connectivity index (χ0) is 29.6. The fraction of sp³-hybridized carbons (Fsp3) is 0.333. The molecule has 0 fully saturated rings. The predicted octanol–water partition coefficient (Wildman–Crippen LogP) is 7.54. The first-order chi connectivity index (χ1) is 19.5. The summed E-state index contributed by atoms with van der Waals surface area (Å²) in [5.74, 6) is -0.802. The van der Waals surface area contributed by atoms with Gasteiger partial charge in [0.1, 0.15) is 0 Å². The lowest BCUT2D eigenvalue weighted by molar-refractivity contribution is -0.170. The maximum absolute atomic E-state index is 13.3. The molecule has 3 aromatic carbocycles. The first-order valence-electron chi connectivity index (χ1n) is 13.4. The molecule has 1 aromatic heterocycles. The molecule has 1 heterocycles. The number of aryl methyl sites for hydroxylation is 1. The second-order valence-electron chi connectivity index (χ2n) is 10.5. The van der Waals surface area contributed by atoms with Crippen molar-refractivity contribution in [3.8, 4) is 22.5 Å². The number of benzene rings is 3. The van der Waals surface area contributed by atoms with Crippen LogP contribution in [-0.2, 0) is 0 Å². The number of urea groups is 1. The minimum atomic E-state index is -4.28. The summed E-state index contributed by atoms with van der Waals surface area (Å²) in [6, 6.07) is 20.0. The van der Waals surface area contributed by atoms with Gasteiger partial charge in [-0.15, -0.1) is 5.10 Å². The van der Waals surface area contributed by atoms with E-state index >= 15 is 0 Å². The Bertz CT molecular complexity index is 1440. The van der Waals surface area contributed by atoms with Crippen molar-refractivity contribution in [2.24, 2.45) is 11.8 Å². The van der Waals surface area contributed by atoms with Gasteiger partial charge in [0.2, 0.25) is 0 Å². The number of nitrogens with one attached hydrogen (secondary N) is 3. The van der Waals surface area contributed by atoms with Gasteiger partial charge < -0.3 is 15.5 Å². The molecular weight excluding hydrogens is 531 g/mol. The number of nitrogens with zero attached hydrogens (tertiary/aromatic N) is 4. The van der Waals surface area contributed by atoms with Crippen LogP contribution in [0.15, 0.2) is 66.7 Å². The Morgan fingerprint density at radius 3 is 2.32 bits per heavy atom. The number of tetrazole rings is 1. The first-order valence-corrected chi connectivity index (χ1v) is 13.4. The number of halogens is 3. The van der Waals surface area contributed by atoms with Gasteiger partial charge in [-0.2, -0.15) is 13.2 Å². The Balaban J connectivity index is 1.73. The number of carbonyl (C=O) groups excluding carboxylic acids is 1. The first kappa shape index (κ1) is 29.6. The number of amides is 2. The standard InChI is InChI=1S/C30H34F3N7O/c1-19(2)18-40(16-15-21(4)30(31,32)33)27-14-11-22(24-7-5-6-8-25(24)28-36-38-39-37-28)17-26(27)35-29(41)34-23-12-9-20(3)10-13-23/h5-14,17,19,21H,15-16,18H2,1-4H3,(H2,34,35,41)(H,36,37,38,39). The average Bonchev–Trinajstić information content (AvgIpc) is 3.46. The Kier molecular flexibility index (Phi) is 9.26. The van der Waals surface area contributed by atoms with Crippen molar-refractivity contribution in [2.75, 3.05) is 28.6 Å². The number of aromatic nitrogens is 4. The van der Waals surface area contributed by atoms with E-state index in [1.54, 1.807) is 12.1 Å². The number of anilines is 3. The number of carbonyl (C=O) groups is 1. The van der Waals surface area contributed by atoms with Gasteiger partial charge in [0.15, 0.2) is 5.82 Å². The van der Waals surface area contributed by atoms with Crippen LogP contribution in [0.3, 0.4) is 0 Å². The van der Waals surface area contributed by atoms with Crippen LogP contribution < -0.4 is 15.5 Å². The molecule has 4 rings (SSSR count). The van der Waals surface area contributed by atoms with Crippen LogP contribution in [0.5, 0.6) is 0 Å². The smallest absolute Gasteiger partial charge is 0.370 e. The fourth-order valence-corrected chi connectivity index (χ4v) is 4.48. The van der Waals surface area contributed by atoms with E-state index in [4.69, 9.17) is 0 Å². The molecule has 0 spiro atoms. The highest BCUT2D eigenvalue weighted by atomic mass is 19.4. The molecule has 41 heavy (non-hydrogen) atoms. The van der Waals surface area contributed by atoms with Gasteiger partial charge in [-0.05, 0) is 65.1 Å². The second-order valence-corrected chi connectivity index (χ2v) is 10.5. The summed E-state index contributed by atoms with van der Waals surface area (Å²) in [6.45, 7) is 7.85. The molecule has 0 radical (unpaired) electrons. The number of hydrogen-bond donors (Lipinski definition) is 3. The van der Waals surface area contributed by atoms with Gasteiger partial charge in [0.05, 0.1) is 17.3 Å². The molecule has 0 aliphatic carbocycles. The molecule has 0 aliphatic heterocycles. The second kappa shape index (κ2) is 12.8. The Morgan fingerprint density at radius 2 is 1.68 bits per heavy atom. The molecule has 1 unspecified atom stereocenters. The third kappa shape index (κ3) is 7.84. The molecule has 3 N–H and O–H groups in total. The van der Waals surface area contributed by atoms with Gasteiger partial charge in [0, 0.05) is 24.3 Å². The molecule has 0 saturated heterocycles. The molecule has 8 nitrogen and oxygen atoms in total. The number of rotatable bonds is 10. The molecule has 1 atom stereocenters. The Hall–Kier alpha value is -4.41. The number of H-pyrrole nitrogens is 1. The maximum Gasteiger partial charge on any atom is 0.391 e. The highest BCUT2D eigenvalue weighted by Crippen LogP contribution is 2.37. The van der Waals surface area contributed by atoms with E-state index in [-0.39, 0.29) is 18.9 Å². The summed E-state index contributed by atoms with van der Waals surface area (Å²) >= 11 is 0. The van der Waals surface area contributed by atoms with Crippen LogP contribution in [0.4, 0.5) is 35.0 Å². The minimum Gasteiger partial charge on any atom is -0.370 e. The van der Waals surface area contributed by atoms with Crippen molar-refractivity contribution in [2.45, 2.75) is 40.3 Å². The molecular formula is C30H34F3N7O. The van der Waals surface area contributed by atoms with Crippen LogP contribution in [0, 0.1) is 18.8 Å². The average molecular weight is 566 g/mol. The van der Waals surface area contributed by atoms with Crippen LogP contribution >= 0.6 is 0 Å². The van der Waals surface area contributed by atoms with Crippen LogP contribution in [0.2, 0.25) is 0 Å². The summed E-state index contributed by atoms with van der Waals surface area (Å²) in [6.07, 6.45) is -4.35. The predicted molar refractivity (Wildman–Crippen MR) is 156 cm³/mol.